The number of anilines is 1. The Kier molecular flexibility index (Phi) is 2.21. The number of aryl methyl sites for hydroxylation is 1. The second-order valence-corrected chi connectivity index (χ2v) is 4.17. The molecule has 0 amide bonds. The third-order valence-electron chi connectivity index (χ3n) is 1.94. The smallest absolute Gasteiger partial charge is 0.180 e. The van der Waals surface area contributed by atoms with E-state index in [1.165, 1.54) is 17.4 Å². The van der Waals surface area contributed by atoms with Crippen LogP contribution in [0, 0.1) is 12.7 Å². The van der Waals surface area contributed by atoms with Crippen molar-refractivity contribution in [3.05, 3.63) is 35.0 Å². The highest BCUT2D eigenvalue weighted by Crippen LogP contribution is 2.30. The zero-order valence-electron chi connectivity index (χ0n) is 7.62. The van der Waals surface area contributed by atoms with Gasteiger partial charge in [0.05, 0.1) is 5.69 Å². The second-order valence-electron chi connectivity index (χ2n) is 2.94. The average Bonchev–Trinajstić information content (AvgIpc) is 2.46. The van der Waals surface area contributed by atoms with Crippen LogP contribution in [0.5, 0.6) is 0 Å². The molecule has 1 heterocycles. The van der Waals surface area contributed by atoms with Crippen LogP contribution in [0.25, 0.3) is 11.3 Å². The van der Waals surface area contributed by atoms with Crippen molar-refractivity contribution in [2.24, 2.45) is 0 Å². The first-order valence-electron chi connectivity index (χ1n) is 4.16. The molecule has 4 heteroatoms. The summed E-state index contributed by atoms with van der Waals surface area (Å²) in [6.45, 7) is 1.88. The summed E-state index contributed by atoms with van der Waals surface area (Å²) in [6.07, 6.45) is 0. The number of nitrogens with two attached hydrogens (primary N) is 1. The lowest BCUT2D eigenvalue weighted by Crippen LogP contribution is -1.87. The molecular formula is C10H9FN2S. The van der Waals surface area contributed by atoms with Crippen molar-refractivity contribution in [2.75, 3.05) is 5.73 Å². The minimum atomic E-state index is -0.263. The van der Waals surface area contributed by atoms with Gasteiger partial charge in [-0.25, -0.2) is 9.37 Å². The zero-order chi connectivity index (χ0) is 10.1. The van der Waals surface area contributed by atoms with Crippen molar-refractivity contribution in [1.82, 2.24) is 4.98 Å². The number of nitrogen functional groups attached to an aromatic ring is 1. The number of hydrogen-bond acceptors (Lipinski definition) is 3. The van der Waals surface area contributed by atoms with Gasteiger partial charge in [0.25, 0.3) is 0 Å². The molecule has 0 bridgehead atoms. The Labute approximate surface area is 85.2 Å². The van der Waals surface area contributed by atoms with Gasteiger partial charge in [0, 0.05) is 10.4 Å². The van der Waals surface area contributed by atoms with Crippen LogP contribution in [-0.2, 0) is 0 Å². The van der Waals surface area contributed by atoms with Gasteiger partial charge in [-0.05, 0) is 19.1 Å². The van der Waals surface area contributed by atoms with Crippen molar-refractivity contribution < 1.29 is 4.39 Å². The molecule has 0 saturated heterocycles. The molecule has 0 aliphatic carbocycles. The molecule has 0 aliphatic heterocycles. The van der Waals surface area contributed by atoms with Gasteiger partial charge in [-0.3, -0.25) is 0 Å². The minimum Gasteiger partial charge on any atom is -0.375 e. The first kappa shape index (κ1) is 9.15. The molecule has 14 heavy (non-hydrogen) atoms. The number of halogens is 1. The van der Waals surface area contributed by atoms with Crippen LogP contribution in [0.1, 0.15) is 4.88 Å². The molecular weight excluding hydrogens is 199 g/mol. The molecule has 0 unspecified atom stereocenters. The van der Waals surface area contributed by atoms with E-state index in [4.69, 9.17) is 5.73 Å². The summed E-state index contributed by atoms with van der Waals surface area (Å²) in [4.78, 5) is 5.04. The number of nitrogens with zero attached hydrogens (tertiary/aromatic N) is 1. The quantitative estimate of drug-likeness (QED) is 0.782. The molecule has 2 nitrogen and oxygen atoms in total. The van der Waals surface area contributed by atoms with Gasteiger partial charge in [-0.1, -0.05) is 12.1 Å². The van der Waals surface area contributed by atoms with Gasteiger partial charge < -0.3 is 5.73 Å². The molecule has 0 spiro atoms. The summed E-state index contributed by atoms with van der Waals surface area (Å²) in [5, 5.41) is 0.473. The Balaban J connectivity index is 2.60. The van der Waals surface area contributed by atoms with Gasteiger partial charge in [0.15, 0.2) is 5.13 Å². The summed E-state index contributed by atoms with van der Waals surface area (Å²) < 4.78 is 13.4. The normalized spacial score (nSPS) is 10.4. The van der Waals surface area contributed by atoms with E-state index in [9.17, 15) is 4.39 Å². The molecule has 0 saturated carbocycles. The Morgan fingerprint density at radius 1 is 1.36 bits per heavy atom. The number of hydrogen-bond donors (Lipinski definition) is 1. The summed E-state index contributed by atoms with van der Waals surface area (Å²) in [6, 6.07) is 6.57. The zero-order valence-corrected chi connectivity index (χ0v) is 8.44. The monoisotopic (exact) mass is 208 g/mol. The standard InChI is InChI=1S/C10H9FN2S/c1-6-9(13-10(12)14-6)7-4-2-3-5-8(7)11/h2-5H,1H3,(H2,12,13). The Bertz CT molecular complexity index is 465. The predicted octanol–water partition coefficient (Wildman–Crippen LogP) is 2.84. The van der Waals surface area contributed by atoms with Crippen LogP contribution in [0.15, 0.2) is 24.3 Å². The van der Waals surface area contributed by atoms with E-state index < -0.39 is 0 Å². The van der Waals surface area contributed by atoms with Crippen LogP contribution in [-0.4, -0.2) is 4.98 Å². The molecule has 2 rings (SSSR count). The van der Waals surface area contributed by atoms with Crippen molar-refractivity contribution in [3.63, 3.8) is 0 Å². The molecule has 2 N–H and O–H groups in total. The van der Waals surface area contributed by atoms with Crippen molar-refractivity contribution in [3.8, 4) is 11.3 Å². The van der Waals surface area contributed by atoms with E-state index in [-0.39, 0.29) is 5.82 Å². The van der Waals surface area contributed by atoms with E-state index in [0.29, 0.717) is 16.4 Å². The summed E-state index contributed by atoms with van der Waals surface area (Å²) in [5.41, 5.74) is 6.71. The Hall–Kier alpha value is -1.42. The molecule has 0 fully saturated rings. The van der Waals surface area contributed by atoms with Crippen LogP contribution in [0.2, 0.25) is 0 Å². The predicted molar refractivity (Wildman–Crippen MR) is 56.7 cm³/mol. The summed E-state index contributed by atoms with van der Waals surface area (Å²) in [5.74, 6) is -0.263. The van der Waals surface area contributed by atoms with E-state index in [0.717, 1.165) is 4.88 Å². The summed E-state index contributed by atoms with van der Waals surface area (Å²) in [7, 11) is 0. The minimum absolute atomic E-state index is 0.263. The van der Waals surface area contributed by atoms with E-state index >= 15 is 0 Å². The molecule has 72 valence electrons. The maximum Gasteiger partial charge on any atom is 0.180 e. The maximum atomic E-state index is 13.4. The fourth-order valence-corrected chi connectivity index (χ4v) is 2.02. The molecule has 0 aliphatic rings. The topological polar surface area (TPSA) is 38.9 Å². The van der Waals surface area contributed by atoms with E-state index in [2.05, 4.69) is 4.98 Å². The first-order valence-corrected chi connectivity index (χ1v) is 4.98. The first-order chi connectivity index (χ1) is 6.68. The van der Waals surface area contributed by atoms with Gasteiger partial charge in [0.1, 0.15) is 5.82 Å². The highest BCUT2D eigenvalue weighted by atomic mass is 32.1. The van der Waals surface area contributed by atoms with Gasteiger partial charge in [-0.15, -0.1) is 11.3 Å². The Morgan fingerprint density at radius 2 is 2.07 bits per heavy atom. The van der Waals surface area contributed by atoms with E-state index in [1.807, 2.05) is 6.92 Å². The van der Waals surface area contributed by atoms with Crippen molar-refractivity contribution in [2.45, 2.75) is 6.92 Å². The third kappa shape index (κ3) is 1.48. The van der Waals surface area contributed by atoms with Crippen LogP contribution in [0.4, 0.5) is 9.52 Å². The highest BCUT2D eigenvalue weighted by molar-refractivity contribution is 7.15. The van der Waals surface area contributed by atoms with Gasteiger partial charge in [-0.2, -0.15) is 0 Å². The SMILES string of the molecule is Cc1sc(N)nc1-c1ccccc1F. The molecule has 0 radical (unpaired) electrons. The number of rotatable bonds is 1. The number of thiazole rings is 1. The molecule has 1 aromatic heterocycles. The fraction of sp³-hybridized carbons (Fsp3) is 0.100. The van der Waals surface area contributed by atoms with Gasteiger partial charge in [0.2, 0.25) is 0 Å². The van der Waals surface area contributed by atoms with Crippen LogP contribution < -0.4 is 5.73 Å². The largest absolute Gasteiger partial charge is 0.375 e. The molecule has 0 atom stereocenters. The number of aromatic nitrogens is 1. The molecule has 2 aromatic rings. The third-order valence-corrected chi connectivity index (χ3v) is 2.74. The maximum absolute atomic E-state index is 13.4. The highest BCUT2D eigenvalue weighted by Gasteiger charge is 2.11. The summed E-state index contributed by atoms with van der Waals surface area (Å²) >= 11 is 1.37. The van der Waals surface area contributed by atoms with Crippen molar-refractivity contribution in [1.29, 1.82) is 0 Å². The van der Waals surface area contributed by atoms with E-state index in [1.54, 1.807) is 18.2 Å². The lowest BCUT2D eigenvalue weighted by atomic mass is 10.1. The van der Waals surface area contributed by atoms with Crippen LogP contribution in [0.3, 0.4) is 0 Å². The second kappa shape index (κ2) is 3.38. The Morgan fingerprint density at radius 3 is 2.64 bits per heavy atom. The van der Waals surface area contributed by atoms with Crippen LogP contribution >= 0.6 is 11.3 Å². The average molecular weight is 208 g/mol. The van der Waals surface area contributed by atoms with Crippen molar-refractivity contribution >= 4 is 16.5 Å². The number of benzene rings is 1. The molecule has 1 aromatic carbocycles. The lowest BCUT2D eigenvalue weighted by Gasteiger charge is -1.99. The lowest BCUT2D eigenvalue weighted by molar-refractivity contribution is 0.631. The fourth-order valence-electron chi connectivity index (χ4n) is 1.32. The van der Waals surface area contributed by atoms with Gasteiger partial charge >= 0.3 is 0 Å².